The molecular formula is C25H22BrNO4. The van der Waals surface area contributed by atoms with E-state index in [0.717, 1.165) is 26.9 Å². The van der Waals surface area contributed by atoms with Gasteiger partial charge in [0.05, 0.1) is 6.10 Å². The maximum atomic E-state index is 12.3. The quantitative estimate of drug-likeness (QED) is 0.362. The van der Waals surface area contributed by atoms with Gasteiger partial charge in [-0.05, 0) is 55.3 Å². The maximum absolute atomic E-state index is 12.3. The lowest BCUT2D eigenvalue weighted by molar-refractivity contribution is -0.120. The molecule has 1 heterocycles. The Kier molecular flexibility index (Phi) is 6.20. The second kappa shape index (κ2) is 9.04. The van der Waals surface area contributed by atoms with Gasteiger partial charge in [-0.3, -0.25) is 4.79 Å². The molecule has 1 N–H and O–H groups in total. The number of hydrogen-bond donors (Lipinski definition) is 1. The molecule has 31 heavy (non-hydrogen) atoms. The molecule has 0 aliphatic rings. The Morgan fingerprint density at radius 2 is 1.90 bits per heavy atom. The summed E-state index contributed by atoms with van der Waals surface area (Å²) < 4.78 is 12.4. The highest BCUT2D eigenvalue weighted by molar-refractivity contribution is 9.10. The van der Waals surface area contributed by atoms with Gasteiger partial charge in [0.15, 0.2) is 11.4 Å². The summed E-state index contributed by atoms with van der Waals surface area (Å²) in [5.41, 5.74) is 4.62. The number of rotatable bonds is 7. The second-order valence-corrected chi connectivity index (χ2v) is 8.42. The smallest absolute Gasteiger partial charge is 0.227 e. The number of carbonyl (C=O) groups is 1. The van der Waals surface area contributed by atoms with Crippen LogP contribution in [0, 0.1) is 6.92 Å². The lowest BCUT2D eigenvalue weighted by Crippen LogP contribution is -2.14. The van der Waals surface area contributed by atoms with Gasteiger partial charge in [-0.1, -0.05) is 46.3 Å². The number of aliphatic hydroxyl groups excluding tert-OH is 1. The van der Waals surface area contributed by atoms with E-state index in [-0.39, 0.29) is 12.4 Å². The molecule has 1 unspecified atom stereocenters. The first-order chi connectivity index (χ1) is 14.9. The van der Waals surface area contributed by atoms with Crippen LogP contribution in [0.2, 0.25) is 0 Å². The summed E-state index contributed by atoms with van der Waals surface area (Å²) >= 11 is 3.45. The Hall–Kier alpha value is -2.96. The van der Waals surface area contributed by atoms with E-state index in [0.29, 0.717) is 29.0 Å². The van der Waals surface area contributed by atoms with Crippen molar-refractivity contribution < 1.29 is 19.1 Å². The first kappa shape index (κ1) is 21.3. The van der Waals surface area contributed by atoms with Gasteiger partial charge in [0.25, 0.3) is 0 Å². The van der Waals surface area contributed by atoms with E-state index in [9.17, 15) is 9.90 Å². The minimum Gasteiger partial charge on any atom is -0.486 e. The van der Waals surface area contributed by atoms with Crippen molar-refractivity contribution in [2.45, 2.75) is 26.4 Å². The molecule has 158 valence electrons. The highest BCUT2D eigenvalue weighted by Gasteiger charge is 2.16. The lowest BCUT2D eigenvalue weighted by Gasteiger charge is -2.08. The van der Waals surface area contributed by atoms with Gasteiger partial charge in [-0.15, -0.1) is 0 Å². The Morgan fingerprint density at radius 3 is 2.61 bits per heavy atom. The number of aliphatic hydroxyl groups is 1. The van der Waals surface area contributed by atoms with Crippen LogP contribution in [0.3, 0.4) is 0 Å². The van der Waals surface area contributed by atoms with Crippen LogP contribution in [0.15, 0.2) is 69.6 Å². The van der Waals surface area contributed by atoms with E-state index in [4.69, 9.17) is 9.15 Å². The van der Waals surface area contributed by atoms with Crippen molar-refractivity contribution >= 4 is 32.8 Å². The van der Waals surface area contributed by atoms with E-state index in [1.807, 2.05) is 67.6 Å². The Labute approximate surface area is 188 Å². The molecule has 0 spiro atoms. The van der Waals surface area contributed by atoms with Gasteiger partial charge in [-0.25, -0.2) is 4.98 Å². The molecule has 5 nitrogen and oxygen atoms in total. The molecule has 0 aliphatic carbocycles. The molecular weight excluding hydrogens is 458 g/mol. The Morgan fingerprint density at radius 1 is 1.16 bits per heavy atom. The van der Waals surface area contributed by atoms with Crippen LogP contribution >= 0.6 is 15.9 Å². The van der Waals surface area contributed by atoms with Gasteiger partial charge in [0.1, 0.15) is 17.9 Å². The standard InChI is InChI=1S/C25H22BrNO4/c1-15-5-3-4-6-23(15)30-14-20(29)11-17-7-9-18(10-8-17)25-27-22-13-19(26)12-21(16(2)28)24(22)31-25/h3-10,12-13,16,28H,11,14H2,1-2H3. The van der Waals surface area contributed by atoms with E-state index in [2.05, 4.69) is 20.9 Å². The third kappa shape index (κ3) is 4.86. The molecule has 0 amide bonds. The van der Waals surface area contributed by atoms with Crippen molar-refractivity contribution in [3.05, 3.63) is 81.8 Å². The fourth-order valence-electron chi connectivity index (χ4n) is 3.38. The number of para-hydroxylation sites is 1. The summed E-state index contributed by atoms with van der Waals surface area (Å²) in [5, 5.41) is 10.0. The number of ether oxygens (including phenoxy) is 1. The molecule has 6 heteroatoms. The minimum absolute atomic E-state index is 0.00397. The molecule has 4 aromatic rings. The van der Waals surface area contributed by atoms with Gasteiger partial charge in [0.2, 0.25) is 5.89 Å². The number of hydrogen-bond acceptors (Lipinski definition) is 5. The van der Waals surface area contributed by atoms with Crippen LogP contribution in [0.4, 0.5) is 0 Å². The number of Topliss-reactive ketones (excluding diaryl/α,β-unsaturated/α-hetero) is 1. The van der Waals surface area contributed by atoms with E-state index < -0.39 is 6.10 Å². The van der Waals surface area contributed by atoms with Crippen molar-refractivity contribution in [2.75, 3.05) is 6.61 Å². The predicted octanol–water partition coefficient (Wildman–Crippen LogP) is 5.81. The monoisotopic (exact) mass is 479 g/mol. The zero-order valence-corrected chi connectivity index (χ0v) is 18.8. The summed E-state index contributed by atoms with van der Waals surface area (Å²) in [6.07, 6.45) is -0.380. The highest BCUT2D eigenvalue weighted by Crippen LogP contribution is 2.32. The molecule has 0 bridgehead atoms. The second-order valence-electron chi connectivity index (χ2n) is 7.50. The normalized spacial score (nSPS) is 12.1. The van der Waals surface area contributed by atoms with Crippen LogP contribution in [0.1, 0.15) is 29.7 Å². The van der Waals surface area contributed by atoms with E-state index in [1.54, 1.807) is 6.92 Å². The van der Waals surface area contributed by atoms with Gasteiger partial charge < -0.3 is 14.3 Å². The van der Waals surface area contributed by atoms with Gasteiger partial charge >= 0.3 is 0 Å². The van der Waals surface area contributed by atoms with Crippen molar-refractivity contribution in [3.63, 3.8) is 0 Å². The van der Waals surface area contributed by atoms with Crippen LogP contribution in [-0.2, 0) is 11.2 Å². The molecule has 1 atom stereocenters. The fourth-order valence-corrected chi connectivity index (χ4v) is 3.84. The average molecular weight is 480 g/mol. The number of fused-ring (bicyclic) bond motifs is 1. The maximum Gasteiger partial charge on any atom is 0.227 e. The summed E-state index contributed by atoms with van der Waals surface area (Å²) in [4.78, 5) is 16.9. The SMILES string of the molecule is Cc1ccccc1OCC(=O)Cc1ccc(-c2nc3cc(Br)cc(C(C)O)c3o2)cc1. The molecule has 3 aromatic carbocycles. The van der Waals surface area contributed by atoms with Crippen molar-refractivity contribution in [1.82, 2.24) is 4.98 Å². The van der Waals surface area contributed by atoms with Crippen molar-refractivity contribution in [3.8, 4) is 17.2 Å². The number of aromatic nitrogens is 1. The van der Waals surface area contributed by atoms with E-state index >= 15 is 0 Å². The lowest BCUT2D eigenvalue weighted by atomic mass is 10.1. The highest BCUT2D eigenvalue weighted by atomic mass is 79.9. The number of halogens is 1. The largest absolute Gasteiger partial charge is 0.486 e. The summed E-state index contributed by atoms with van der Waals surface area (Å²) in [7, 11) is 0. The number of benzene rings is 3. The molecule has 1 aromatic heterocycles. The third-order valence-electron chi connectivity index (χ3n) is 5.02. The number of ketones is 1. The summed E-state index contributed by atoms with van der Waals surface area (Å²) in [6, 6.07) is 18.9. The molecule has 0 radical (unpaired) electrons. The zero-order valence-electron chi connectivity index (χ0n) is 17.3. The summed E-state index contributed by atoms with van der Waals surface area (Å²) in [6.45, 7) is 3.68. The molecule has 0 aliphatic heterocycles. The topological polar surface area (TPSA) is 72.6 Å². The summed E-state index contributed by atoms with van der Waals surface area (Å²) in [5.74, 6) is 1.20. The van der Waals surface area contributed by atoms with Crippen molar-refractivity contribution in [2.24, 2.45) is 0 Å². The zero-order chi connectivity index (χ0) is 22.0. The van der Waals surface area contributed by atoms with Crippen LogP contribution in [0.5, 0.6) is 5.75 Å². The van der Waals surface area contributed by atoms with Crippen LogP contribution < -0.4 is 4.74 Å². The Balaban J connectivity index is 1.46. The molecule has 0 saturated heterocycles. The molecule has 4 rings (SSSR count). The predicted molar refractivity (Wildman–Crippen MR) is 123 cm³/mol. The number of nitrogens with zero attached hydrogens (tertiary/aromatic N) is 1. The average Bonchev–Trinajstić information content (AvgIpc) is 3.16. The van der Waals surface area contributed by atoms with Crippen LogP contribution in [0.25, 0.3) is 22.6 Å². The minimum atomic E-state index is -0.670. The first-order valence-electron chi connectivity index (χ1n) is 9.98. The van der Waals surface area contributed by atoms with Gasteiger partial charge in [-0.2, -0.15) is 0 Å². The fraction of sp³-hybridized carbons (Fsp3) is 0.200. The van der Waals surface area contributed by atoms with Crippen molar-refractivity contribution in [1.29, 1.82) is 0 Å². The number of aryl methyl sites for hydroxylation is 1. The molecule has 0 saturated carbocycles. The first-order valence-corrected chi connectivity index (χ1v) is 10.8. The van der Waals surface area contributed by atoms with Crippen LogP contribution in [-0.4, -0.2) is 22.5 Å². The number of carbonyl (C=O) groups excluding carboxylic acids is 1. The Bertz CT molecular complexity index is 1230. The van der Waals surface area contributed by atoms with E-state index in [1.165, 1.54) is 0 Å². The number of oxazole rings is 1. The third-order valence-corrected chi connectivity index (χ3v) is 5.48. The molecule has 0 fully saturated rings. The van der Waals surface area contributed by atoms with Gasteiger partial charge in [0, 0.05) is 22.0 Å².